The second-order valence-electron chi connectivity index (χ2n) is 5.82. The van der Waals surface area contributed by atoms with Gasteiger partial charge in [0.25, 0.3) is 0 Å². The van der Waals surface area contributed by atoms with E-state index >= 15 is 0 Å². The summed E-state index contributed by atoms with van der Waals surface area (Å²) in [6.45, 7) is 12.3. The molecule has 0 saturated carbocycles. The van der Waals surface area contributed by atoms with Crippen LogP contribution in [0, 0.1) is 27.7 Å². The Morgan fingerprint density at radius 3 is 2.29 bits per heavy atom. The number of hydrogen-bond acceptors (Lipinski definition) is 3. The van der Waals surface area contributed by atoms with Crippen LogP contribution in [0.15, 0.2) is 18.2 Å². The number of aryl methyl sites for hydroxylation is 4. The van der Waals surface area contributed by atoms with Gasteiger partial charge in [-0.3, -0.25) is 0 Å². The number of benzene rings is 1. The SMILES string of the molecule is CCCNC(Cn1nc(C)nc1C)c1cc(C)cc(C)c1. The van der Waals surface area contributed by atoms with Crippen LogP contribution < -0.4 is 5.32 Å². The van der Waals surface area contributed by atoms with Gasteiger partial charge in [-0.25, -0.2) is 9.67 Å². The van der Waals surface area contributed by atoms with E-state index < -0.39 is 0 Å². The largest absolute Gasteiger partial charge is 0.308 e. The smallest absolute Gasteiger partial charge is 0.147 e. The summed E-state index contributed by atoms with van der Waals surface area (Å²) in [5.74, 6) is 1.81. The molecule has 2 rings (SSSR count). The minimum atomic E-state index is 0.267. The highest BCUT2D eigenvalue weighted by Crippen LogP contribution is 2.19. The number of aromatic nitrogens is 3. The predicted molar refractivity (Wildman–Crippen MR) is 86.4 cm³/mol. The number of nitrogens with zero attached hydrogens (tertiary/aromatic N) is 3. The van der Waals surface area contributed by atoms with Crippen molar-refractivity contribution in [1.82, 2.24) is 20.1 Å². The lowest BCUT2D eigenvalue weighted by Crippen LogP contribution is -2.27. The van der Waals surface area contributed by atoms with Gasteiger partial charge in [-0.2, -0.15) is 5.10 Å². The van der Waals surface area contributed by atoms with Crippen molar-refractivity contribution in [2.75, 3.05) is 6.54 Å². The van der Waals surface area contributed by atoms with Crippen molar-refractivity contribution in [1.29, 1.82) is 0 Å². The third kappa shape index (κ3) is 4.14. The van der Waals surface area contributed by atoms with E-state index in [1.165, 1.54) is 16.7 Å². The molecule has 1 N–H and O–H groups in total. The van der Waals surface area contributed by atoms with E-state index in [1.807, 2.05) is 18.5 Å². The van der Waals surface area contributed by atoms with Crippen molar-refractivity contribution in [3.05, 3.63) is 46.5 Å². The molecule has 1 unspecified atom stereocenters. The molecule has 2 aromatic rings. The standard InChI is InChI=1S/C17H26N4/c1-6-7-18-17(11-21-15(5)19-14(4)20-21)16-9-12(2)8-13(3)10-16/h8-10,17-18H,6-7,11H2,1-5H3. The van der Waals surface area contributed by atoms with Crippen LogP contribution in [0.25, 0.3) is 0 Å². The van der Waals surface area contributed by atoms with Crippen molar-refractivity contribution < 1.29 is 0 Å². The molecule has 0 aliphatic carbocycles. The van der Waals surface area contributed by atoms with Crippen molar-refractivity contribution >= 4 is 0 Å². The normalized spacial score (nSPS) is 12.6. The van der Waals surface area contributed by atoms with Crippen LogP contribution in [-0.2, 0) is 6.54 Å². The maximum absolute atomic E-state index is 4.49. The fraction of sp³-hybridized carbons (Fsp3) is 0.529. The minimum Gasteiger partial charge on any atom is -0.308 e. The van der Waals surface area contributed by atoms with Crippen molar-refractivity contribution in [2.45, 2.75) is 53.6 Å². The highest BCUT2D eigenvalue weighted by Gasteiger charge is 2.14. The number of rotatable bonds is 6. The summed E-state index contributed by atoms with van der Waals surface area (Å²) in [4.78, 5) is 4.40. The number of nitrogens with one attached hydrogen (secondary N) is 1. The average molecular weight is 286 g/mol. The lowest BCUT2D eigenvalue weighted by atomic mass is 10.0. The van der Waals surface area contributed by atoms with Gasteiger partial charge in [0, 0.05) is 0 Å². The van der Waals surface area contributed by atoms with Gasteiger partial charge >= 0.3 is 0 Å². The molecule has 0 aliphatic heterocycles. The fourth-order valence-corrected chi connectivity index (χ4v) is 2.72. The van der Waals surface area contributed by atoms with E-state index in [4.69, 9.17) is 0 Å². The highest BCUT2D eigenvalue weighted by molar-refractivity contribution is 5.30. The first kappa shape index (κ1) is 15.7. The monoisotopic (exact) mass is 286 g/mol. The van der Waals surface area contributed by atoms with Gasteiger partial charge in [0.2, 0.25) is 0 Å². The first-order valence-electron chi connectivity index (χ1n) is 7.69. The molecule has 4 nitrogen and oxygen atoms in total. The van der Waals surface area contributed by atoms with Crippen LogP contribution in [0.5, 0.6) is 0 Å². The lowest BCUT2D eigenvalue weighted by Gasteiger charge is -2.20. The van der Waals surface area contributed by atoms with E-state index in [0.29, 0.717) is 0 Å². The third-order valence-corrected chi connectivity index (χ3v) is 3.61. The quantitative estimate of drug-likeness (QED) is 0.886. The van der Waals surface area contributed by atoms with Crippen LogP contribution in [0.2, 0.25) is 0 Å². The lowest BCUT2D eigenvalue weighted by molar-refractivity contribution is 0.431. The minimum absolute atomic E-state index is 0.267. The first-order valence-corrected chi connectivity index (χ1v) is 7.69. The van der Waals surface area contributed by atoms with Gasteiger partial charge in [0.05, 0.1) is 12.6 Å². The molecule has 4 heteroatoms. The Morgan fingerprint density at radius 2 is 1.76 bits per heavy atom. The average Bonchev–Trinajstić information content (AvgIpc) is 2.71. The summed E-state index contributed by atoms with van der Waals surface area (Å²) in [6, 6.07) is 7.01. The molecule has 1 aromatic carbocycles. The molecule has 0 fully saturated rings. The molecule has 114 valence electrons. The van der Waals surface area contributed by atoms with Gasteiger partial charge < -0.3 is 5.32 Å². The Morgan fingerprint density at radius 1 is 1.10 bits per heavy atom. The van der Waals surface area contributed by atoms with Crippen LogP contribution in [0.1, 0.15) is 47.7 Å². The fourth-order valence-electron chi connectivity index (χ4n) is 2.72. The molecule has 1 aromatic heterocycles. The van der Waals surface area contributed by atoms with Gasteiger partial charge in [-0.1, -0.05) is 36.2 Å². The molecular formula is C17H26N4. The summed E-state index contributed by atoms with van der Waals surface area (Å²) < 4.78 is 2.00. The second-order valence-corrected chi connectivity index (χ2v) is 5.82. The highest BCUT2D eigenvalue weighted by atomic mass is 15.3. The zero-order valence-corrected chi connectivity index (χ0v) is 13.8. The Labute approximate surface area is 127 Å². The molecule has 0 radical (unpaired) electrons. The summed E-state index contributed by atoms with van der Waals surface area (Å²) in [6.07, 6.45) is 1.12. The number of hydrogen-bond donors (Lipinski definition) is 1. The summed E-state index contributed by atoms with van der Waals surface area (Å²) in [5, 5.41) is 8.13. The zero-order chi connectivity index (χ0) is 15.4. The summed E-state index contributed by atoms with van der Waals surface area (Å²) in [7, 11) is 0. The Kier molecular flexibility index (Phi) is 5.12. The molecule has 0 saturated heterocycles. The molecule has 0 bridgehead atoms. The van der Waals surface area contributed by atoms with Crippen LogP contribution in [-0.4, -0.2) is 21.3 Å². The first-order chi connectivity index (χ1) is 9.99. The van der Waals surface area contributed by atoms with Gasteiger partial charge in [0.1, 0.15) is 11.6 Å². The van der Waals surface area contributed by atoms with E-state index in [1.54, 1.807) is 0 Å². The molecule has 0 amide bonds. The van der Waals surface area contributed by atoms with E-state index in [0.717, 1.165) is 31.2 Å². The van der Waals surface area contributed by atoms with Crippen LogP contribution in [0.4, 0.5) is 0 Å². The van der Waals surface area contributed by atoms with Gasteiger partial charge in [-0.15, -0.1) is 0 Å². The maximum atomic E-state index is 4.49. The summed E-state index contributed by atoms with van der Waals surface area (Å²) in [5.41, 5.74) is 3.94. The van der Waals surface area contributed by atoms with Gasteiger partial charge in [-0.05, 0) is 46.2 Å². The van der Waals surface area contributed by atoms with Crippen molar-refractivity contribution in [2.24, 2.45) is 0 Å². The molecule has 1 heterocycles. The maximum Gasteiger partial charge on any atom is 0.147 e. The van der Waals surface area contributed by atoms with E-state index in [9.17, 15) is 0 Å². The molecule has 1 atom stereocenters. The van der Waals surface area contributed by atoms with Crippen molar-refractivity contribution in [3.63, 3.8) is 0 Å². The Balaban J connectivity index is 2.27. The molecular weight excluding hydrogens is 260 g/mol. The van der Waals surface area contributed by atoms with E-state index in [-0.39, 0.29) is 6.04 Å². The molecule has 21 heavy (non-hydrogen) atoms. The predicted octanol–water partition coefficient (Wildman–Crippen LogP) is 3.25. The van der Waals surface area contributed by atoms with E-state index in [2.05, 4.69) is 54.4 Å². The Bertz CT molecular complexity index is 581. The van der Waals surface area contributed by atoms with Gasteiger partial charge in [0.15, 0.2) is 0 Å². The zero-order valence-electron chi connectivity index (χ0n) is 13.8. The topological polar surface area (TPSA) is 42.7 Å². The third-order valence-electron chi connectivity index (χ3n) is 3.61. The second kappa shape index (κ2) is 6.85. The summed E-state index contributed by atoms with van der Waals surface area (Å²) >= 11 is 0. The van der Waals surface area contributed by atoms with Crippen LogP contribution >= 0.6 is 0 Å². The molecule has 0 aliphatic rings. The van der Waals surface area contributed by atoms with Crippen molar-refractivity contribution in [3.8, 4) is 0 Å². The Hall–Kier alpha value is -1.68. The molecule has 0 spiro atoms. The van der Waals surface area contributed by atoms with Crippen LogP contribution in [0.3, 0.4) is 0 Å².